The second kappa shape index (κ2) is 9.18. The number of rotatable bonds is 8. The number of nitrogens with one attached hydrogen (secondary N) is 2. The Morgan fingerprint density at radius 1 is 1.17 bits per heavy atom. The van der Waals surface area contributed by atoms with Gasteiger partial charge in [-0.1, -0.05) is 30.3 Å². The molecule has 2 aromatic rings. The molecule has 8 nitrogen and oxygen atoms in total. The summed E-state index contributed by atoms with van der Waals surface area (Å²) in [6.07, 6.45) is 0.221. The van der Waals surface area contributed by atoms with Gasteiger partial charge in [-0.2, -0.15) is 0 Å². The van der Waals surface area contributed by atoms with Crippen LogP contribution < -0.4 is 10.6 Å². The van der Waals surface area contributed by atoms with Crippen LogP contribution in [0.3, 0.4) is 0 Å². The summed E-state index contributed by atoms with van der Waals surface area (Å²) in [5, 5.41) is 16.6. The van der Waals surface area contributed by atoms with E-state index in [9.17, 15) is 19.7 Å². The van der Waals surface area contributed by atoms with Gasteiger partial charge in [-0.25, -0.2) is 0 Å². The Bertz CT molecular complexity index is 870. The fourth-order valence-electron chi connectivity index (χ4n) is 3.43. The minimum Gasteiger partial charge on any atom is -0.383 e. The van der Waals surface area contributed by atoms with Crippen molar-refractivity contribution in [1.29, 1.82) is 0 Å². The second-order valence-electron chi connectivity index (χ2n) is 7.06. The number of hydrogen-bond donors (Lipinski definition) is 2. The number of non-ortho nitro benzene ring substituents is 1. The highest BCUT2D eigenvalue weighted by atomic mass is 16.6. The number of hydrogen-bond acceptors (Lipinski definition) is 5. The van der Waals surface area contributed by atoms with Crippen molar-refractivity contribution in [3.63, 3.8) is 0 Å². The van der Waals surface area contributed by atoms with E-state index in [1.807, 2.05) is 37.3 Å². The number of benzene rings is 2. The minimum atomic E-state index is -0.450. The predicted octanol–water partition coefficient (Wildman–Crippen LogP) is 2.73. The van der Waals surface area contributed by atoms with Gasteiger partial charge in [0.2, 0.25) is 11.8 Å². The van der Waals surface area contributed by atoms with Gasteiger partial charge in [0, 0.05) is 43.9 Å². The summed E-state index contributed by atoms with van der Waals surface area (Å²) in [6.45, 7) is 3.27. The number of likely N-dealkylation sites (tertiary alicyclic amines) is 1. The predicted molar refractivity (Wildman–Crippen MR) is 109 cm³/mol. The van der Waals surface area contributed by atoms with Gasteiger partial charge in [0.1, 0.15) is 0 Å². The molecule has 1 heterocycles. The standard InChI is InChI=1S/C21H24N4O4/c1-15(16-5-3-2-4-6-16)24-14-17(13-20(24)26)21(27)23-12-11-22-18-7-9-19(10-8-18)25(28)29/h2-10,15,17,22H,11-14H2,1H3,(H,23,27)/t15-,17+/m0/s1. The van der Waals surface area contributed by atoms with Crippen molar-refractivity contribution in [2.24, 2.45) is 5.92 Å². The molecule has 1 saturated heterocycles. The van der Waals surface area contributed by atoms with E-state index in [-0.39, 0.29) is 35.9 Å². The molecule has 2 amide bonds. The van der Waals surface area contributed by atoms with Crippen LogP contribution in [-0.4, -0.2) is 41.3 Å². The summed E-state index contributed by atoms with van der Waals surface area (Å²) in [7, 11) is 0. The van der Waals surface area contributed by atoms with Crippen LogP contribution >= 0.6 is 0 Å². The normalized spacial score (nSPS) is 17.1. The summed E-state index contributed by atoms with van der Waals surface area (Å²) in [6, 6.07) is 15.8. The zero-order valence-corrected chi connectivity index (χ0v) is 16.2. The molecular formula is C21H24N4O4. The Hall–Kier alpha value is -3.42. The van der Waals surface area contributed by atoms with Gasteiger partial charge in [-0.3, -0.25) is 19.7 Å². The third kappa shape index (κ3) is 5.10. The van der Waals surface area contributed by atoms with Crippen LogP contribution in [0.25, 0.3) is 0 Å². The number of nitrogens with zero attached hydrogens (tertiary/aromatic N) is 2. The molecular weight excluding hydrogens is 372 g/mol. The molecule has 2 atom stereocenters. The van der Waals surface area contributed by atoms with Crippen LogP contribution in [0.1, 0.15) is 24.9 Å². The van der Waals surface area contributed by atoms with Gasteiger partial charge in [0.05, 0.1) is 16.9 Å². The maximum absolute atomic E-state index is 12.4. The van der Waals surface area contributed by atoms with Crippen molar-refractivity contribution < 1.29 is 14.5 Å². The van der Waals surface area contributed by atoms with E-state index in [2.05, 4.69) is 10.6 Å². The lowest BCUT2D eigenvalue weighted by atomic mass is 10.1. The molecule has 0 radical (unpaired) electrons. The molecule has 0 aromatic heterocycles. The lowest BCUT2D eigenvalue weighted by Crippen LogP contribution is -2.36. The van der Waals surface area contributed by atoms with Crippen LogP contribution in [0.5, 0.6) is 0 Å². The molecule has 29 heavy (non-hydrogen) atoms. The fraction of sp³-hybridized carbons (Fsp3) is 0.333. The molecule has 0 spiro atoms. The summed E-state index contributed by atoms with van der Waals surface area (Å²) in [4.78, 5) is 36.8. The molecule has 1 aliphatic rings. The van der Waals surface area contributed by atoms with Crippen LogP contribution in [0.15, 0.2) is 54.6 Å². The van der Waals surface area contributed by atoms with Gasteiger partial charge >= 0.3 is 0 Å². The molecule has 1 fully saturated rings. The number of nitro benzene ring substituents is 1. The average molecular weight is 396 g/mol. The summed E-state index contributed by atoms with van der Waals surface area (Å²) >= 11 is 0. The minimum absolute atomic E-state index is 0.00879. The van der Waals surface area contributed by atoms with Gasteiger partial charge < -0.3 is 15.5 Å². The molecule has 0 saturated carbocycles. The highest BCUT2D eigenvalue weighted by molar-refractivity contribution is 5.89. The van der Waals surface area contributed by atoms with E-state index < -0.39 is 4.92 Å². The SMILES string of the molecule is C[C@@H](c1ccccc1)N1C[C@H](C(=O)NCCNc2ccc([N+](=O)[O-])cc2)CC1=O. The number of anilines is 1. The Kier molecular flexibility index (Phi) is 6.43. The fourth-order valence-corrected chi connectivity index (χ4v) is 3.43. The molecule has 3 rings (SSSR count). The number of amides is 2. The summed E-state index contributed by atoms with van der Waals surface area (Å²) in [5.41, 5.74) is 1.82. The van der Waals surface area contributed by atoms with E-state index >= 15 is 0 Å². The van der Waals surface area contributed by atoms with Crippen LogP contribution in [0, 0.1) is 16.0 Å². The van der Waals surface area contributed by atoms with Crippen molar-refractivity contribution in [1.82, 2.24) is 10.2 Å². The van der Waals surface area contributed by atoms with Gasteiger partial charge in [0.15, 0.2) is 0 Å². The summed E-state index contributed by atoms with van der Waals surface area (Å²) in [5.74, 6) is -0.495. The van der Waals surface area contributed by atoms with Crippen LogP contribution in [0.2, 0.25) is 0 Å². The Morgan fingerprint density at radius 2 is 1.86 bits per heavy atom. The monoisotopic (exact) mass is 396 g/mol. The third-order valence-electron chi connectivity index (χ3n) is 5.11. The van der Waals surface area contributed by atoms with Crippen molar-refractivity contribution in [2.45, 2.75) is 19.4 Å². The number of carbonyl (C=O) groups excluding carboxylic acids is 2. The van der Waals surface area contributed by atoms with Gasteiger partial charge in [-0.05, 0) is 24.6 Å². The first-order valence-electron chi connectivity index (χ1n) is 9.56. The Morgan fingerprint density at radius 3 is 2.52 bits per heavy atom. The van der Waals surface area contributed by atoms with Gasteiger partial charge in [-0.15, -0.1) is 0 Å². The Labute approximate surface area is 169 Å². The van der Waals surface area contributed by atoms with Crippen molar-refractivity contribution in [3.8, 4) is 0 Å². The molecule has 0 bridgehead atoms. The first kappa shape index (κ1) is 20.3. The van der Waals surface area contributed by atoms with Crippen LogP contribution in [0.4, 0.5) is 11.4 Å². The molecule has 2 N–H and O–H groups in total. The first-order chi connectivity index (χ1) is 14.0. The number of nitro groups is 1. The van der Waals surface area contributed by atoms with Crippen molar-refractivity contribution >= 4 is 23.2 Å². The average Bonchev–Trinajstić information content (AvgIpc) is 3.13. The van der Waals surface area contributed by atoms with Crippen LogP contribution in [-0.2, 0) is 9.59 Å². The van der Waals surface area contributed by atoms with E-state index in [0.717, 1.165) is 11.3 Å². The lowest BCUT2D eigenvalue weighted by Gasteiger charge is -2.25. The molecule has 1 aliphatic heterocycles. The lowest BCUT2D eigenvalue weighted by molar-refractivity contribution is -0.384. The van der Waals surface area contributed by atoms with E-state index in [1.54, 1.807) is 17.0 Å². The second-order valence-corrected chi connectivity index (χ2v) is 7.06. The molecule has 2 aromatic carbocycles. The highest BCUT2D eigenvalue weighted by Gasteiger charge is 2.36. The van der Waals surface area contributed by atoms with Crippen molar-refractivity contribution in [3.05, 3.63) is 70.3 Å². The molecule has 8 heteroatoms. The zero-order chi connectivity index (χ0) is 20.8. The van der Waals surface area contributed by atoms with E-state index in [0.29, 0.717) is 19.6 Å². The maximum atomic E-state index is 12.4. The largest absolute Gasteiger partial charge is 0.383 e. The highest BCUT2D eigenvalue weighted by Crippen LogP contribution is 2.28. The zero-order valence-electron chi connectivity index (χ0n) is 16.2. The molecule has 0 aliphatic carbocycles. The van der Waals surface area contributed by atoms with Gasteiger partial charge in [0.25, 0.3) is 5.69 Å². The molecule has 0 unspecified atom stereocenters. The topological polar surface area (TPSA) is 105 Å². The summed E-state index contributed by atoms with van der Waals surface area (Å²) < 4.78 is 0. The quantitative estimate of drug-likeness (QED) is 0.406. The smallest absolute Gasteiger partial charge is 0.269 e. The number of carbonyl (C=O) groups is 2. The Balaban J connectivity index is 1.44. The molecule has 152 valence electrons. The van der Waals surface area contributed by atoms with E-state index in [4.69, 9.17) is 0 Å². The van der Waals surface area contributed by atoms with E-state index in [1.165, 1.54) is 12.1 Å². The third-order valence-corrected chi connectivity index (χ3v) is 5.11. The van der Waals surface area contributed by atoms with Crippen molar-refractivity contribution in [2.75, 3.05) is 25.0 Å². The maximum Gasteiger partial charge on any atom is 0.269 e. The first-order valence-corrected chi connectivity index (χ1v) is 9.56.